The summed E-state index contributed by atoms with van der Waals surface area (Å²) in [4.78, 5) is 27.3. The van der Waals surface area contributed by atoms with E-state index in [1.165, 1.54) is 0 Å². The number of carbonyl (C=O) groups excluding carboxylic acids is 2. The molecule has 2 unspecified atom stereocenters. The lowest BCUT2D eigenvalue weighted by Gasteiger charge is -2.24. The van der Waals surface area contributed by atoms with Gasteiger partial charge in [0.2, 0.25) is 11.8 Å². The first-order chi connectivity index (χ1) is 12.3. The number of para-hydroxylation sites is 1. The molecule has 1 N–H and O–H groups in total. The fraction of sp³-hybridized carbons (Fsp3) is 0.364. The third-order valence-electron chi connectivity index (χ3n) is 4.46. The molecular weight excluding hydrogens is 324 g/mol. The van der Waals surface area contributed by atoms with E-state index in [0.29, 0.717) is 13.0 Å². The van der Waals surface area contributed by atoms with Crippen LogP contribution in [0, 0.1) is 11.8 Å². The molecule has 4 nitrogen and oxygen atoms in total. The summed E-state index contributed by atoms with van der Waals surface area (Å²) in [5, 5.41) is 2.98. The van der Waals surface area contributed by atoms with Crippen molar-refractivity contribution in [2.75, 3.05) is 4.90 Å². The molecule has 0 saturated heterocycles. The van der Waals surface area contributed by atoms with E-state index in [4.69, 9.17) is 0 Å². The average molecular weight is 350 g/mol. The van der Waals surface area contributed by atoms with Gasteiger partial charge in [0.1, 0.15) is 0 Å². The molecule has 0 spiro atoms. The van der Waals surface area contributed by atoms with Crippen LogP contribution >= 0.6 is 0 Å². The Balaban J connectivity index is 1.75. The Hall–Kier alpha value is -2.62. The van der Waals surface area contributed by atoms with Gasteiger partial charge in [0.15, 0.2) is 0 Å². The van der Waals surface area contributed by atoms with E-state index < -0.39 is 0 Å². The topological polar surface area (TPSA) is 49.4 Å². The Morgan fingerprint density at radius 3 is 2.12 bits per heavy atom. The zero-order valence-electron chi connectivity index (χ0n) is 15.6. The van der Waals surface area contributed by atoms with Gasteiger partial charge in [-0.1, -0.05) is 48.5 Å². The molecule has 0 aromatic heterocycles. The van der Waals surface area contributed by atoms with Crippen LogP contribution in [0.1, 0.15) is 32.8 Å². The first kappa shape index (κ1) is 18.2. The zero-order valence-corrected chi connectivity index (χ0v) is 15.6. The molecule has 2 atom stereocenters. The molecule has 1 saturated carbocycles. The molecular formula is C22H26N2O2. The predicted molar refractivity (Wildman–Crippen MR) is 104 cm³/mol. The van der Waals surface area contributed by atoms with Crippen LogP contribution in [0.25, 0.3) is 0 Å². The Morgan fingerprint density at radius 2 is 1.54 bits per heavy atom. The maximum Gasteiger partial charge on any atom is 0.231 e. The SMILES string of the molecule is CC(C)(C)NC(=O)C1CC1C(=O)N(Cc1ccccc1)c1ccccc1. The Labute approximate surface area is 155 Å². The van der Waals surface area contributed by atoms with E-state index in [1.807, 2.05) is 81.4 Å². The number of hydrogen-bond acceptors (Lipinski definition) is 2. The first-order valence-corrected chi connectivity index (χ1v) is 9.07. The normalized spacial score (nSPS) is 18.9. The number of nitrogens with zero attached hydrogens (tertiary/aromatic N) is 1. The van der Waals surface area contributed by atoms with Gasteiger partial charge in [0, 0.05) is 11.2 Å². The molecule has 1 aliphatic carbocycles. The quantitative estimate of drug-likeness (QED) is 0.892. The van der Waals surface area contributed by atoms with Crippen molar-refractivity contribution in [3.8, 4) is 0 Å². The summed E-state index contributed by atoms with van der Waals surface area (Å²) in [5.41, 5.74) is 1.65. The maximum atomic E-state index is 13.1. The summed E-state index contributed by atoms with van der Waals surface area (Å²) >= 11 is 0. The lowest BCUT2D eigenvalue weighted by molar-refractivity contribution is -0.127. The Kier molecular flexibility index (Phi) is 5.12. The van der Waals surface area contributed by atoms with E-state index in [1.54, 1.807) is 4.90 Å². The van der Waals surface area contributed by atoms with E-state index in [9.17, 15) is 9.59 Å². The Bertz CT molecular complexity index is 766. The van der Waals surface area contributed by atoms with Gasteiger partial charge in [-0.2, -0.15) is 0 Å². The van der Waals surface area contributed by atoms with Crippen molar-refractivity contribution in [1.82, 2.24) is 5.32 Å². The summed E-state index contributed by atoms with van der Waals surface area (Å²) in [6, 6.07) is 19.6. The van der Waals surface area contributed by atoms with E-state index >= 15 is 0 Å². The van der Waals surface area contributed by atoms with Crippen LogP contribution in [0.15, 0.2) is 60.7 Å². The average Bonchev–Trinajstić information content (AvgIpc) is 3.40. The minimum Gasteiger partial charge on any atom is -0.351 e. The fourth-order valence-corrected chi connectivity index (χ4v) is 3.09. The van der Waals surface area contributed by atoms with Crippen molar-refractivity contribution < 1.29 is 9.59 Å². The van der Waals surface area contributed by atoms with Gasteiger partial charge in [0.25, 0.3) is 0 Å². The van der Waals surface area contributed by atoms with Gasteiger partial charge in [-0.25, -0.2) is 0 Å². The molecule has 2 aromatic carbocycles. The van der Waals surface area contributed by atoms with Gasteiger partial charge in [-0.3, -0.25) is 9.59 Å². The molecule has 0 radical (unpaired) electrons. The van der Waals surface area contributed by atoms with E-state index in [0.717, 1.165) is 11.3 Å². The number of anilines is 1. The largest absolute Gasteiger partial charge is 0.351 e. The van der Waals surface area contributed by atoms with Crippen LogP contribution in [0.3, 0.4) is 0 Å². The van der Waals surface area contributed by atoms with Crippen LogP contribution in [-0.4, -0.2) is 17.4 Å². The number of hydrogen-bond donors (Lipinski definition) is 1. The molecule has 136 valence electrons. The minimum atomic E-state index is -0.281. The highest BCUT2D eigenvalue weighted by atomic mass is 16.2. The lowest BCUT2D eigenvalue weighted by Crippen LogP contribution is -2.42. The summed E-state index contributed by atoms with van der Waals surface area (Å²) in [6.45, 7) is 6.37. The fourth-order valence-electron chi connectivity index (χ4n) is 3.09. The number of amides is 2. The van der Waals surface area contributed by atoms with Crippen LogP contribution in [-0.2, 0) is 16.1 Å². The molecule has 2 aromatic rings. The molecule has 0 bridgehead atoms. The summed E-state index contributed by atoms with van der Waals surface area (Å²) in [7, 11) is 0. The zero-order chi connectivity index (χ0) is 18.7. The molecule has 1 aliphatic rings. The second-order valence-corrected chi connectivity index (χ2v) is 7.93. The number of nitrogens with one attached hydrogen (secondary N) is 1. The van der Waals surface area contributed by atoms with Crippen molar-refractivity contribution in [1.29, 1.82) is 0 Å². The van der Waals surface area contributed by atoms with E-state index in [-0.39, 0.29) is 29.2 Å². The van der Waals surface area contributed by atoms with Crippen molar-refractivity contribution in [3.05, 3.63) is 66.2 Å². The van der Waals surface area contributed by atoms with Crippen LogP contribution in [0.4, 0.5) is 5.69 Å². The standard InChI is InChI=1S/C22H26N2O2/c1-22(2,3)23-20(25)18-14-19(18)21(26)24(17-12-8-5-9-13-17)15-16-10-6-4-7-11-16/h4-13,18-19H,14-15H2,1-3H3,(H,23,25). The van der Waals surface area contributed by atoms with Gasteiger partial charge in [-0.05, 0) is 44.9 Å². The molecule has 1 fully saturated rings. The van der Waals surface area contributed by atoms with Crippen LogP contribution in [0.2, 0.25) is 0 Å². The third-order valence-corrected chi connectivity index (χ3v) is 4.46. The number of carbonyl (C=O) groups is 2. The lowest BCUT2D eigenvalue weighted by atomic mass is 10.1. The number of rotatable bonds is 5. The summed E-state index contributed by atoms with van der Waals surface area (Å²) in [6.07, 6.45) is 0.624. The smallest absolute Gasteiger partial charge is 0.231 e. The highest BCUT2D eigenvalue weighted by molar-refractivity contribution is 6.01. The summed E-state index contributed by atoms with van der Waals surface area (Å²) < 4.78 is 0. The molecule has 0 aliphatic heterocycles. The molecule has 4 heteroatoms. The van der Waals surface area contributed by atoms with Crippen LogP contribution in [0.5, 0.6) is 0 Å². The first-order valence-electron chi connectivity index (χ1n) is 9.07. The van der Waals surface area contributed by atoms with Gasteiger partial charge in [-0.15, -0.1) is 0 Å². The molecule has 26 heavy (non-hydrogen) atoms. The second-order valence-electron chi connectivity index (χ2n) is 7.93. The van der Waals surface area contributed by atoms with Crippen molar-refractivity contribution in [2.24, 2.45) is 11.8 Å². The van der Waals surface area contributed by atoms with Gasteiger partial charge >= 0.3 is 0 Å². The molecule has 2 amide bonds. The molecule has 3 rings (SSSR count). The van der Waals surface area contributed by atoms with Crippen molar-refractivity contribution in [2.45, 2.75) is 39.3 Å². The van der Waals surface area contributed by atoms with Crippen LogP contribution < -0.4 is 10.2 Å². The second kappa shape index (κ2) is 7.32. The van der Waals surface area contributed by atoms with Crippen molar-refractivity contribution >= 4 is 17.5 Å². The van der Waals surface area contributed by atoms with E-state index in [2.05, 4.69) is 5.32 Å². The Morgan fingerprint density at radius 1 is 0.962 bits per heavy atom. The highest BCUT2D eigenvalue weighted by Crippen LogP contribution is 2.41. The van der Waals surface area contributed by atoms with Gasteiger partial charge < -0.3 is 10.2 Å². The predicted octanol–water partition coefficient (Wildman–Crippen LogP) is 3.77. The highest BCUT2D eigenvalue weighted by Gasteiger charge is 2.50. The van der Waals surface area contributed by atoms with Gasteiger partial charge in [0.05, 0.1) is 18.4 Å². The molecule has 0 heterocycles. The number of benzene rings is 2. The van der Waals surface area contributed by atoms with Crippen molar-refractivity contribution in [3.63, 3.8) is 0 Å². The maximum absolute atomic E-state index is 13.1. The third kappa shape index (κ3) is 4.51. The minimum absolute atomic E-state index is 0.0223. The summed E-state index contributed by atoms with van der Waals surface area (Å²) in [5.74, 6) is -0.456. The monoisotopic (exact) mass is 350 g/mol.